The summed E-state index contributed by atoms with van der Waals surface area (Å²) in [7, 11) is 1.60. The molecule has 2 N–H and O–H groups in total. The second-order valence-corrected chi connectivity index (χ2v) is 5.79. The summed E-state index contributed by atoms with van der Waals surface area (Å²) >= 11 is 0. The lowest BCUT2D eigenvalue weighted by molar-refractivity contribution is -0.120. The largest absolute Gasteiger partial charge is 0.497 e. The number of carbonyl (C=O) groups excluding carboxylic acids is 2. The van der Waals surface area contributed by atoms with E-state index < -0.39 is 5.91 Å². The third-order valence-corrected chi connectivity index (χ3v) is 4.12. The summed E-state index contributed by atoms with van der Waals surface area (Å²) in [5, 5.41) is 0. The van der Waals surface area contributed by atoms with E-state index in [9.17, 15) is 9.59 Å². The van der Waals surface area contributed by atoms with Crippen molar-refractivity contribution < 1.29 is 23.5 Å². The van der Waals surface area contributed by atoms with Crippen molar-refractivity contribution in [2.24, 2.45) is 5.73 Å². The molecule has 2 amide bonds. The molecule has 1 fully saturated rings. The van der Waals surface area contributed by atoms with Crippen LogP contribution in [0.25, 0.3) is 11.3 Å². The first kappa shape index (κ1) is 17.0. The Morgan fingerprint density at radius 2 is 2.00 bits per heavy atom. The third-order valence-electron chi connectivity index (χ3n) is 4.12. The summed E-state index contributed by atoms with van der Waals surface area (Å²) < 4.78 is 16.2. The summed E-state index contributed by atoms with van der Waals surface area (Å²) in [6, 6.07) is 10.4. The molecule has 7 nitrogen and oxygen atoms in total. The van der Waals surface area contributed by atoms with Gasteiger partial charge in [-0.3, -0.25) is 9.59 Å². The Kier molecular flexibility index (Phi) is 5.04. The second kappa shape index (κ2) is 7.40. The molecule has 1 aromatic heterocycles. The van der Waals surface area contributed by atoms with E-state index in [4.69, 9.17) is 19.6 Å². The summed E-state index contributed by atoms with van der Waals surface area (Å²) in [6.45, 7) is 1.11. The lowest BCUT2D eigenvalue weighted by Crippen LogP contribution is -2.50. The molecule has 0 aliphatic carbocycles. The summed E-state index contributed by atoms with van der Waals surface area (Å²) in [5.74, 6) is 0.822. The molecule has 2 heterocycles. The minimum atomic E-state index is -0.466. The molecular formula is C18H20N2O5. The highest BCUT2D eigenvalue weighted by atomic mass is 16.5. The molecule has 1 aliphatic rings. The topological polar surface area (TPSA) is 95.0 Å². The molecule has 1 atom stereocenters. The number of primary amides is 1. The number of morpholine rings is 1. The lowest BCUT2D eigenvalue weighted by Gasteiger charge is -2.34. The van der Waals surface area contributed by atoms with Gasteiger partial charge in [-0.1, -0.05) is 0 Å². The van der Waals surface area contributed by atoms with Gasteiger partial charge in [0.05, 0.1) is 26.4 Å². The quantitative estimate of drug-likeness (QED) is 0.890. The maximum Gasteiger partial charge on any atom is 0.290 e. The fourth-order valence-corrected chi connectivity index (χ4v) is 2.83. The van der Waals surface area contributed by atoms with Crippen molar-refractivity contribution in [3.63, 3.8) is 0 Å². The lowest BCUT2D eigenvalue weighted by atomic mass is 10.1. The van der Waals surface area contributed by atoms with Crippen molar-refractivity contribution in [1.82, 2.24) is 4.90 Å². The van der Waals surface area contributed by atoms with E-state index in [1.165, 1.54) is 0 Å². The highest BCUT2D eigenvalue weighted by molar-refractivity contribution is 5.92. The number of nitrogens with two attached hydrogens (primary N) is 1. The average Bonchev–Trinajstić information content (AvgIpc) is 3.11. The van der Waals surface area contributed by atoms with Crippen LogP contribution in [-0.4, -0.2) is 49.6 Å². The second-order valence-electron chi connectivity index (χ2n) is 5.79. The van der Waals surface area contributed by atoms with Crippen LogP contribution in [-0.2, 0) is 9.53 Å². The van der Waals surface area contributed by atoms with Gasteiger partial charge in [0.1, 0.15) is 11.5 Å². The molecule has 25 heavy (non-hydrogen) atoms. The Morgan fingerprint density at radius 1 is 1.24 bits per heavy atom. The van der Waals surface area contributed by atoms with Gasteiger partial charge in [0, 0.05) is 18.5 Å². The zero-order chi connectivity index (χ0) is 17.8. The molecule has 0 bridgehead atoms. The predicted molar refractivity (Wildman–Crippen MR) is 90.2 cm³/mol. The Hall–Kier alpha value is -2.80. The first-order valence-electron chi connectivity index (χ1n) is 8.00. The zero-order valence-corrected chi connectivity index (χ0v) is 13.9. The highest BCUT2D eigenvalue weighted by Crippen LogP contribution is 2.26. The standard InChI is InChI=1S/C18H20N2O5/c1-23-14-4-2-12(3-5-14)15-6-7-16(25-15)18(22)20-8-9-24-11-13(20)10-17(19)21/h2-7,13H,8-11H2,1H3,(H2,19,21)/t13-/m1/s1. The molecule has 0 radical (unpaired) electrons. The Labute approximate surface area is 145 Å². The number of benzene rings is 1. The first-order valence-corrected chi connectivity index (χ1v) is 8.00. The number of furan rings is 1. The molecule has 3 rings (SSSR count). The number of hydrogen-bond donors (Lipinski definition) is 1. The minimum absolute atomic E-state index is 0.0672. The van der Waals surface area contributed by atoms with Crippen LogP contribution < -0.4 is 10.5 Å². The van der Waals surface area contributed by atoms with Gasteiger partial charge in [-0.05, 0) is 36.4 Å². The molecular weight excluding hydrogens is 324 g/mol. The van der Waals surface area contributed by atoms with Gasteiger partial charge in [0.2, 0.25) is 5.91 Å². The van der Waals surface area contributed by atoms with Crippen LogP contribution in [0.15, 0.2) is 40.8 Å². The molecule has 0 unspecified atom stereocenters. The maximum absolute atomic E-state index is 12.7. The number of hydrogen-bond acceptors (Lipinski definition) is 5. The molecule has 1 saturated heterocycles. The van der Waals surface area contributed by atoms with Crippen LogP contribution in [0.2, 0.25) is 0 Å². The fraction of sp³-hybridized carbons (Fsp3) is 0.333. The van der Waals surface area contributed by atoms with Gasteiger partial charge >= 0.3 is 0 Å². The van der Waals surface area contributed by atoms with Gasteiger partial charge in [0.15, 0.2) is 5.76 Å². The molecule has 1 aliphatic heterocycles. The normalized spacial score (nSPS) is 17.3. The number of methoxy groups -OCH3 is 1. The van der Waals surface area contributed by atoms with E-state index in [-0.39, 0.29) is 24.1 Å². The SMILES string of the molecule is COc1ccc(-c2ccc(C(=O)N3CCOC[C@H]3CC(N)=O)o2)cc1. The molecule has 7 heteroatoms. The Morgan fingerprint density at radius 3 is 2.68 bits per heavy atom. The van der Waals surface area contributed by atoms with E-state index in [1.807, 2.05) is 24.3 Å². The summed E-state index contributed by atoms with van der Waals surface area (Å²) in [4.78, 5) is 25.5. The van der Waals surface area contributed by atoms with Crippen molar-refractivity contribution in [1.29, 1.82) is 0 Å². The van der Waals surface area contributed by atoms with Gasteiger partial charge in [-0.2, -0.15) is 0 Å². The number of amides is 2. The fourth-order valence-electron chi connectivity index (χ4n) is 2.83. The minimum Gasteiger partial charge on any atom is -0.497 e. The van der Waals surface area contributed by atoms with E-state index in [2.05, 4.69) is 0 Å². The van der Waals surface area contributed by atoms with Crippen LogP contribution in [0.4, 0.5) is 0 Å². The van der Waals surface area contributed by atoms with Crippen LogP contribution in [0, 0.1) is 0 Å². The average molecular weight is 344 g/mol. The van der Waals surface area contributed by atoms with E-state index in [0.29, 0.717) is 25.5 Å². The summed E-state index contributed by atoms with van der Waals surface area (Å²) in [5.41, 5.74) is 6.11. The number of carbonyl (C=O) groups is 2. The van der Waals surface area contributed by atoms with Crippen LogP contribution in [0.1, 0.15) is 17.0 Å². The molecule has 1 aromatic carbocycles. The first-order chi connectivity index (χ1) is 12.1. The van der Waals surface area contributed by atoms with Crippen LogP contribution >= 0.6 is 0 Å². The van der Waals surface area contributed by atoms with E-state index in [1.54, 1.807) is 24.1 Å². The summed E-state index contributed by atoms with van der Waals surface area (Å²) in [6.07, 6.45) is 0.0672. The van der Waals surface area contributed by atoms with Gasteiger partial charge in [0.25, 0.3) is 5.91 Å². The van der Waals surface area contributed by atoms with Crippen LogP contribution in [0.3, 0.4) is 0 Å². The molecule has 132 valence electrons. The van der Waals surface area contributed by atoms with E-state index in [0.717, 1.165) is 11.3 Å². The smallest absolute Gasteiger partial charge is 0.290 e. The molecule has 0 saturated carbocycles. The predicted octanol–water partition coefficient (Wildman–Crippen LogP) is 1.67. The third kappa shape index (κ3) is 3.83. The monoisotopic (exact) mass is 344 g/mol. The highest BCUT2D eigenvalue weighted by Gasteiger charge is 2.30. The van der Waals surface area contributed by atoms with Crippen molar-refractivity contribution in [2.45, 2.75) is 12.5 Å². The number of nitrogens with zero attached hydrogens (tertiary/aromatic N) is 1. The van der Waals surface area contributed by atoms with Gasteiger partial charge in [-0.15, -0.1) is 0 Å². The Bertz CT molecular complexity index is 753. The van der Waals surface area contributed by atoms with Gasteiger partial charge < -0.3 is 24.5 Å². The van der Waals surface area contributed by atoms with Crippen molar-refractivity contribution in [3.05, 3.63) is 42.2 Å². The van der Waals surface area contributed by atoms with Gasteiger partial charge in [-0.25, -0.2) is 0 Å². The van der Waals surface area contributed by atoms with Crippen molar-refractivity contribution in [3.8, 4) is 17.1 Å². The molecule has 2 aromatic rings. The molecule has 0 spiro atoms. The van der Waals surface area contributed by atoms with Crippen molar-refractivity contribution in [2.75, 3.05) is 26.9 Å². The van der Waals surface area contributed by atoms with Crippen LogP contribution in [0.5, 0.6) is 5.75 Å². The van der Waals surface area contributed by atoms with E-state index >= 15 is 0 Å². The maximum atomic E-state index is 12.7. The Balaban J connectivity index is 1.77. The van der Waals surface area contributed by atoms with Crippen molar-refractivity contribution >= 4 is 11.8 Å². The number of rotatable bonds is 5. The zero-order valence-electron chi connectivity index (χ0n) is 13.9. The number of ether oxygens (including phenoxy) is 2.